The number of amides is 1. The number of benzene rings is 1. The quantitative estimate of drug-likeness (QED) is 0.370. The van der Waals surface area contributed by atoms with Crippen LogP contribution < -0.4 is 16.1 Å². The lowest BCUT2D eigenvalue weighted by Gasteiger charge is -2.29. The minimum absolute atomic E-state index is 0.122. The first-order valence-electron chi connectivity index (χ1n) is 11.5. The van der Waals surface area contributed by atoms with Gasteiger partial charge in [-0.2, -0.15) is 0 Å². The Hall–Kier alpha value is -3.06. The van der Waals surface area contributed by atoms with Crippen molar-refractivity contribution in [2.24, 2.45) is 14.1 Å². The topological polar surface area (TPSA) is 107 Å². The van der Waals surface area contributed by atoms with Gasteiger partial charge in [0.1, 0.15) is 6.54 Å². The molecule has 4 heterocycles. The number of imidazole rings is 1. The van der Waals surface area contributed by atoms with E-state index in [1.54, 1.807) is 11.9 Å². The Morgan fingerprint density at radius 1 is 1.19 bits per heavy atom. The van der Waals surface area contributed by atoms with Crippen LogP contribution in [0.1, 0.15) is 5.56 Å². The number of carbonyl (C=O) groups is 1. The molecule has 1 aromatic carbocycles. The minimum atomic E-state index is -0.497. The van der Waals surface area contributed by atoms with E-state index in [2.05, 4.69) is 9.88 Å². The molecular formula is C23H26ClN7O4S. The summed E-state index contributed by atoms with van der Waals surface area (Å²) in [6.45, 7) is 5.79. The number of fused-ring (bicyclic) bond motifs is 2. The fourth-order valence-electron chi connectivity index (χ4n) is 4.35. The zero-order valence-electron chi connectivity index (χ0n) is 20.2. The Balaban J connectivity index is 1.50. The highest BCUT2D eigenvalue weighted by atomic mass is 35.5. The van der Waals surface area contributed by atoms with Gasteiger partial charge < -0.3 is 9.30 Å². The van der Waals surface area contributed by atoms with E-state index in [9.17, 15) is 14.4 Å². The first-order chi connectivity index (χ1) is 17.3. The second kappa shape index (κ2) is 9.77. The average molecular weight is 532 g/mol. The second-order valence-corrected chi connectivity index (χ2v) is 10.2. The van der Waals surface area contributed by atoms with E-state index in [0.29, 0.717) is 36.5 Å². The summed E-state index contributed by atoms with van der Waals surface area (Å²) >= 11 is 7.73. The van der Waals surface area contributed by atoms with Crippen LogP contribution in [0.15, 0.2) is 28.0 Å². The van der Waals surface area contributed by atoms with E-state index in [0.717, 1.165) is 33.4 Å². The number of hydrogen-bond donors (Lipinski definition) is 0. The molecule has 36 heavy (non-hydrogen) atoms. The lowest BCUT2D eigenvalue weighted by Crippen LogP contribution is -2.44. The molecule has 5 rings (SSSR count). The van der Waals surface area contributed by atoms with Gasteiger partial charge in [0, 0.05) is 45.3 Å². The van der Waals surface area contributed by atoms with Crippen LogP contribution in [0, 0.1) is 6.92 Å². The summed E-state index contributed by atoms with van der Waals surface area (Å²) in [6, 6.07) is 3.74. The molecule has 3 aromatic heterocycles. The van der Waals surface area contributed by atoms with Gasteiger partial charge in [0.2, 0.25) is 5.91 Å². The van der Waals surface area contributed by atoms with Gasteiger partial charge in [0.05, 0.1) is 29.8 Å². The molecule has 190 valence electrons. The molecule has 0 N–H and O–H groups in total. The van der Waals surface area contributed by atoms with Gasteiger partial charge in [-0.3, -0.25) is 28.5 Å². The van der Waals surface area contributed by atoms with Gasteiger partial charge in [0.15, 0.2) is 16.3 Å². The SMILES string of the molecule is Cc1c(Cl)ccc2sc(N(CCN3CCOCC3)C(=O)Cn3cnc4c3c(=O)n(C)c(=O)n4C)nc12. The number of morpholine rings is 1. The van der Waals surface area contributed by atoms with Crippen LogP contribution in [0.25, 0.3) is 21.4 Å². The van der Waals surface area contributed by atoms with Crippen molar-refractivity contribution in [2.75, 3.05) is 44.3 Å². The number of rotatable bonds is 6. The van der Waals surface area contributed by atoms with E-state index in [1.807, 2.05) is 19.1 Å². The molecule has 4 aromatic rings. The molecule has 0 aliphatic carbocycles. The number of halogens is 1. The maximum atomic E-state index is 13.7. The molecule has 11 nitrogen and oxygen atoms in total. The highest BCUT2D eigenvalue weighted by Crippen LogP contribution is 2.33. The van der Waals surface area contributed by atoms with Crippen LogP contribution >= 0.6 is 22.9 Å². The number of hydrogen-bond acceptors (Lipinski definition) is 8. The molecule has 0 unspecified atom stereocenters. The summed E-state index contributed by atoms with van der Waals surface area (Å²) in [4.78, 5) is 51.7. The predicted molar refractivity (Wildman–Crippen MR) is 139 cm³/mol. The second-order valence-electron chi connectivity index (χ2n) is 8.77. The van der Waals surface area contributed by atoms with Crippen molar-refractivity contribution in [1.82, 2.24) is 28.6 Å². The summed E-state index contributed by atoms with van der Waals surface area (Å²) in [6.07, 6.45) is 1.42. The molecular weight excluding hydrogens is 506 g/mol. The van der Waals surface area contributed by atoms with Crippen LogP contribution in [0.4, 0.5) is 5.13 Å². The van der Waals surface area contributed by atoms with Crippen LogP contribution in [0.2, 0.25) is 5.02 Å². The molecule has 0 spiro atoms. The van der Waals surface area contributed by atoms with Crippen molar-refractivity contribution in [3.63, 3.8) is 0 Å². The molecule has 1 aliphatic rings. The molecule has 1 aliphatic heterocycles. The van der Waals surface area contributed by atoms with Gasteiger partial charge in [0.25, 0.3) is 5.56 Å². The van der Waals surface area contributed by atoms with Crippen LogP contribution in [0.3, 0.4) is 0 Å². The monoisotopic (exact) mass is 531 g/mol. The molecule has 0 radical (unpaired) electrons. The van der Waals surface area contributed by atoms with Gasteiger partial charge in [-0.05, 0) is 24.6 Å². The largest absolute Gasteiger partial charge is 0.379 e. The van der Waals surface area contributed by atoms with Crippen molar-refractivity contribution in [2.45, 2.75) is 13.5 Å². The fourth-order valence-corrected chi connectivity index (χ4v) is 5.57. The van der Waals surface area contributed by atoms with E-state index in [4.69, 9.17) is 21.3 Å². The molecule has 13 heteroatoms. The Morgan fingerprint density at radius 3 is 2.69 bits per heavy atom. The van der Waals surface area contributed by atoms with Gasteiger partial charge >= 0.3 is 5.69 Å². The maximum Gasteiger partial charge on any atom is 0.332 e. The molecule has 0 saturated carbocycles. The summed E-state index contributed by atoms with van der Waals surface area (Å²) in [7, 11) is 2.96. The smallest absolute Gasteiger partial charge is 0.332 e. The summed E-state index contributed by atoms with van der Waals surface area (Å²) in [5.41, 5.74) is 1.10. The fraction of sp³-hybridized carbons (Fsp3) is 0.435. The minimum Gasteiger partial charge on any atom is -0.379 e. The van der Waals surface area contributed by atoms with Gasteiger partial charge in [-0.25, -0.2) is 14.8 Å². The van der Waals surface area contributed by atoms with Crippen LogP contribution in [0.5, 0.6) is 0 Å². The third-order valence-electron chi connectivity index (χ3n) is 6.53. The number of carbonyl (C=O) groups excluding carboxylic acids is 1. The molecule has 1 amide bonds. The highest BCUT2D eigenvalue weighted by Gasteiger charge is 2.24. The van der Waals surface area contributed by atoms with E-state index in [-0.39, 0.29) is 23.6 Å². The number of nitrogens with zero attached hydrogens (tertiary/aromatic N) is 7. The van der Waals surface area contributed by atoms with E-state index in [1.165, 1.54) is 33.8 Å². The van der Waals surface area contributed by atoms with E-state index >= 15 is 0 Å². The highest BCUT2D eigenvalue weighted by molar-refractivity contribution is 7.22. The zero-order valence-corrected chi connectivity index (χ0v) is 21.8. The number of aromatic nitrogens is 5. The third-order valence-corrected chi connectivity index (χ3v) is 7.99. The Labute approximate surface area is 215 Å². The lowest BCUT2D eigenvalue weighted by atomic mass is 10.2. The molecule has 1 saturated heterocycles. The van der Waals surface area contributed by atoms with Gasteiger partial charge in [-0.15, -0.1) is 0 Å². The Kier molecular flexibility index (Phi) is 6.68. The number of aryl methyl sites for hydroxylation is 2. The molecule has 0 atom stereocenters. The molecule has 1 fully saturated rings. The Bertz CT molecular complexity index is 1580. The first kappa shape index (κ1) is 24.6. The normalized spacial score (nSPS) is 14.7. The maximum absolute atomic E-state index is 13.7. The predicted octanol–water partition coefficient (Wildman–Crippen LogP) is 1.37. The number of anilines is 1. The standard InChI is InChI=1S/C23H26ClN7O4S/c1-14-15(24)4-5-16-18(14)26-22(36-16)31(7-6-29-8-10-35-11-9-29)17(32)12-30-13-25-20-19(30)21(33)28(3)23(34)27(20)2/h4-5,13H,6-12H2,1-3H3. The molecule has 0 bridgehead atoms. The first-order valence-corrected chi connectivity index (χ1v) is 12.7. The summed E-state index contributed by atoms with van der Waals surface area (Å²) in [5, 5.41) is 1.19. The number of ether oxygens (including phenoxy) is 1. The average Bonchev–Trinajstić information content (AvgIpc) is 3.49. The van der Waals surface area contributed by atoms with Crippen molar-refractivity contribution in [1.29, 1.82) is 0 Å². The zero-order chi connectivity index (χ0) is 25.6. The van der Waals surface area contributed by atoms with Crippen LogP contribution in [-0.2, 0) is 30.2 Å². The van der Waals surface area contributed by atoms with Crippen molar-refractivity contribution >= 4 is 55.4 Å². The lowest BCUT2D eigenvalue weighted by molar-refractivity contribution is -0.119. The summed E-state index contributed by atoms with van der Waals surface area (Å²) < 4.78 is 10.2. The van der Waals surface area contributed by atoms with Gasteiger partial charge in [-0.1, -0.05) is 22.9 Å². The number of thiazole rings is 1. The van der Waals surface area contributed by atoms with E-state index < -0.39 is 11.2 Å². The van der Waals surface area contributed by atoms with Crippen LogP contribution in [-0.4, -0.2) is 73.9 Å². The Morgan fingerprint density at radius 2 is 1.94 bits per heavy atom. The summed E-state index contributed by atoms with van der Waals surface area (Å²) in [5.74, 6) is -0.235. The van der Waals surface area contributed by atoms with Crippen molar-refractivity contribution in [3.8, 4) is 0 Å². The van der Waals surface area contributed by atoms with Crippen molar-refractivity contribution < 1.29 is 9.53 Å². The third kappa shape index (κ3) is 4.34. The van der Waals surface area contributed by atoms with Crippen molar-refractivity contribution in [3.05, 3.63) is 49.9 Å².